The van der Waals surface area contributed by atoms with Gasteiger partial charge in [0.15, 0.2) is 5.71 Å². The zero-order chi connectivity index (χ0) is 21.9. The molecule has 2 aromatic heterocycles. The first-order chi connectivity index (χ1) is 15.7. The quantitative estimate of drug-likeness (QED) is 0.428. The summed E-state index contributed by atoms with van der Waals surface area (Å²) in [4.78, 5) is 22.1. The highest BCUT2D eigenvalue weighted by Crippen LogP contribution is 2.30. The maximum atomic E-state index is 13.3. The second-order valence-corrected chi connectivity index (χ2v) is 8.32. The van der Waals surface area contributed by atoms with Crippen molar-refractivity contribution in [3.8, 4) is 17.0 Å². The van der Waals surface area contributed by atoms with Crippen molar-refractivity contribution < 1.29 is 9.53 Å². The number of carbonyl (C=O) groups excluding carboxylic acids is 1. The Balaban J connectivity index is 1.51. The predicted molar refractivity (Wildman–Crippen MR) is 128 cm³/mol. The molecule has 2 aromatic carbocycles. The van der Waals surface area contributed by atoms with Crippen LogP contribution in [0.4, 0.5) is 10.3 Å². The van der Waals surface area contributed by atoms with Gasteiger partial charge >= 0.3 is 5.91 Å². The van der Waals surface area contributed by atoms with Crippen LogP contribution >= 0.6 is 22.7 Å². The molecule has 0 saturated carbocycles. The van der Waals surface area contributed by atoms with Crippen molar-refractivity contribution in [1.82, 2.24) is 9.97 Å². The third kappa shape index (κ3) is 3.88. The monoisotopic (exact) mass is 460 g/mol. The summed E-state index contributed by atoms with van der Waals surface area (Å²) in [6.07, 6.45) is 1.66. The summed E-state index contributed by atoms with van der Waals surface area (Å²) in [6, 6.07) is 17.1. The Morgan fingerprint density at radius 2 is 1.84 bits per heavy atom. The van der Waals surface area contributed by atoms with Gasteiger partial charge in [0.25, 0.3) is 0 Å². The molecular weight excluding hydrogens is 444 g/mol. The molecule has 0 unspecified atom stereocenters. The Morgan fingerprint density at radius 3 is 2.56 bits per heavy atom. The number of methoxy groups -OCH3 is 1. The van der Waals surface area contributed by atoms with Crippen LogP contribution in [0, 0.1) is 0 Å². The Labute approximate surface area is 191 Å². The van der Waals surface area contributed by atoms with E-state index in [4.69, 9.17) is 4.74 Å². The van der Waals surface area contributed by atoms with Crippen molar-refractivity contribution in [3.63, 3.8) is 0 Å². The number of benzene rings is 2. The van der Waals surface area contributed by atoms with Gasteiger partial charge in [0, 0.05) is 28.1 Å². The lowest BCUT2D eigenvalue weighted by molar-refractivity contribution is -0.112. The summed E-state index contributed by atoms with van der Waals surface area (Å²) in [6.45, 7) is 0. The van der Waals surface area contributed by atoms with Gasteiger partial charge in [-0.25, -0.2) is 9.97 Å². The minimum absolute atomic E-state index is 0.182. The van der Waals surface area contributed by atoms with E-state index in [9.17, 15) is 4.79 Å². The lowest BCUT2D eigenvalue weighted by Gasteiger charge is -2.06. The topological polar surface area (TPSA) is 92.1 Å². The fourth-order valence-corrected chi connectivity index (χ4v) is 4.30. The van der Waals surface area contributed by atoms with Crippen molar-refractivity contribution in [2.24, 2.45) is 10.2 Å². The first-order valence-corrected chi connectivity index (χ1v) is 11.3. The van der Waals surface area contributed by atoms with E-state index in [0.717, 1.165) is 16.8 Å². The number of ether oxygens (including phenoxy) is 1. The van der Waals surface area contributed by atoms with Crippen LogP contribution in [0.15, 0.2) is 81.8 Å². The van der Waals surface area contributed by atoms with E-state index in [0.29, 0.717) is 21.7 Å². The number of hydrogen-bond acceptors (Lipinski definition) is 9. The van der Waals surface area contributed by atoms with E-state index in [1.54, 1.807) is 13.3 Å². The summed E-state index contributed by atoms with van der Waals surface area (Å²) in [7, 11) is 1.60. The summed E-state index contributed by atoms with van der Waals surface area (Å²) in [5, 5.41) is 15.0. The number of hydrazone groups is 2. The third-order valence-electron chi connectivity index (χ3n) is 4.62. The molecule has 1 aliphatic heterocycles. The Hall–Kier alpha value is -3.89. The molecule has 0 spiro atoms. The smallest absolute Gasteiger partial charge is 0.303 e. The highest BCUT2D eigenvalue weighted by atomic mass is 32.1. The molecule has 32 heavy (non-hydrogen) atoms. The Kier molecular flexibility index (Phi) is 5.44. The van der Waals surface area contributed by atoms with Crippen LogP contribution in [-0.2, 0) is 4.79 Å². The zero-order valence-electron chi connectivity index (χ0n) is 16.8. The van der Waals surface area contributed by atoms with Crippen molar-refractivity contribution >= 4 is 50.3 Å². The predicted octanol–water partition coefficient (Wildman–Crippen LogP) is 4.49. The van der Waals surface area contributed by atoms with E-state index in [-0.39, 0.29) is 11.6 Å². The van der Waals surface area contributed by atoms with Gasteiger partial charge in [-0.2, -0.15) is 15.2 Å². The average Bonchev–Trinajstić information content (AvgIpc) is 3.59. The van der Waals surface area contributed by atoms with Crippen LogP contribution < -0.4 is 15.2 Å². The molecule has 1 aliphatic rings. The Bertz CT molecular complexity index is 1300. The minimum atomic E-state index is -0.367. The van der Waals surface area contributed by atoms with Crippen molar-refractivity contribution in [2.45, 2.75) is 0 Å². The van der Waals surface area contributed by atoms with Crippen LogP contribution in [0.5, 0.6) is 5.75 Å². The second-order valence-electron chi connectivity index (χ2n) is 6.58. The lowest BCUT2D eigenvalue weighted by atomic mass is 10.1. The normalized spacial score (nSPS) is 14.7. The van der Waals surface area contributed by atoms with Crippen LogP contribution in [0.2, 0.25) is 0 Å². The lowest BCUT2D eigenvalue weighted by Crippen LogP contribution is -2.28. The first kappa shape index (κ1) is 20.0. The molecule has 1 amide bonds. The van der Waals surface area contributed by atoms with Gasteiger partial charge in [-0.15, -0.1) is 22.7 Å². The molecule has 3 heterocycles. The minimum Gasteiger partial charge on any atom is -0.497 e. The summed E-state index contributed by atoms with van der Waals surface area (Å²) in [5.74, 6) is 0.344. The van der Waals surface area contributed by atoms with E-state index in [1.165, 1.54) is 27.7 Å². The molecule has 0 bridgehead atoms. The standard InChI is InChI=1S/C22H16N6O2S2/c1-30-16-9-7-15(8-10-16)18-19(25-26-21-23-11-12-31-21)20(29)28(27-18)22-24-17(13-32-22)14-5-3-2-4-6-14/h2-13H,1H3,(H,23,26)/b25-19-. The van der Waals surface area contributed by atoms with E-state index in [2.05, 4.69) is 25.6 Å². The van der Waals surface area contributed by atoms with Gasteiger partial charge in [-0.1, -0.05) is 30.3 Å². The van der Waals surface area contributed by atoms with E-state index in [1.807, 2.05) is 65.4 Å². The van der Waals surface area contributed by atoms with Gasteiger partial charge in [0.05, 0.1) is 12.8 Å². The number of aromatic nitrogens is 2. The number of nitrogens with one attached hydrogen (secondary N) is 1. The highest BCUT2D eigenvalue weighted by Gasteiger charge is 2.36. The molecule has 1 N–H and O–H groups in total. The van der Waals surface area contributed by atoms with Crippen molar-refractivity contribution in [1.29, 1.82) is 0 Å². The van der Waals surface area contributed by atoms with Crippen LogP contribution in [0.1, 0.15) is 5.56 Å². The van der Waals surface area contributed by atoms with Gasteiger partial charge in [0.1, 0.15) is 11.5 Å². The molecule has 158 valence electrons. The number of amides is 1. The highest BCUT2D eigenvalue weighted by molar-refractivity contribution is 7.14. The molecule has 0 fully saturated rings. The van der Waals surface area contributed by atoms with Gasteiger partial charge in [-0.05, 0) is 24.3 Å². The molecule has 0 atom stereocenters. The van der Waals surface area contributed by atoms with Crippen molar-refractivity contribution in [3.05, 3.63) is 77.1 Å². The number of anilines is 2. The molecule has 0 radical (unpaired) electrons. The summed E-state index contributed by atoms with van der Waals surface area (Å²) < 4.78 is 5.24. The zero-order valence-corrected chi connectivity index (χ0v) is 18.4. The van der Waals surface area contributed by atoms with Gasteiger partial charge < -0.3 is 4.74 Å². The number of thiazole rings is 2. The second kappa shape index (κ2) is 8.69. The molecule has 0 aliphatic carbocycles. The van der Waals surface area contributed by atoms with Crippen molar-refractivity contribution in [2.75, 3.05) is 17.5 Å². The molecule has 0 saturated heterocycles. The number of rotatable bonds is 6. The fourth-order valence-electron chi connectivity index (χ4n) is 3.05. The molecule has 10 heteroatoms. The molecule has 5 rings (SSSR count). The molecule has 4 aromatic rings. The van der Waals surface area contributed by atoms with Gasteiger partial charge in [-0.3, -0.25) is 10.2 Å². The van der Waals surface area contributed by atoms with Crippen LogP contribution in [0.3, 0.4) is 0 Å². The SMILES string of the molecule is COc1ccc(C2=NN(c3nc(-c4ccccc4)cs3)C(=O)/C2=N\Nc2nccs2)cc1. The Morgan fingerprint density at radius 1 is 1.03 bits per heavy atom. The maximum absolute atomic E-state index is 13.3. The van der Waals surface area contributed by atoms with Crippen LogP contribution in [0.25, 0.3) is 11.3 Å². The fraction of sp³-hybridized carbons (Fsp3) is 0.0455. The molecular formula is C22H16N6O2S2. The number of nitrogens with zero attached hydrogens (tertiary/aromatic N) is 5. The third-order valence-corrected chi connectivity index (χ3v) is 6.12. The number of carbonyl (C=O) groups is 1. The maximum Gasteiger partial charge on any atom is 0.303 e. The van der Waals surface area contributed by atoms with E-state index >= 15 is 0 Å². The average molecular weight is 461 g/mol. The first-order valence-electron chi connectivity index (χ1n) is 9.55. The largest absolute Gasteiger partial charge is 0.497 e. The van der Waals surface area contributed by atoms with Crippen LogP contribution in [-0.4, -0.2) is 34.4 Å². The molecule has 8 nitrogen and oxygen atoms in total. The van der Waals surface area contributed by atoms with Gasteiger partial charge in [0.2, 0.25) is 10.3 Å². The summed E-state index contributed by atoms with van der Waals surface area (Å²) >= 11 is 2.73. The summed E-state index contributed by atoms with van der Waals surface area (Å²) in [5.41, 5.74) is 5.97. The number of hydrogen-bond donors (Lipinski definition) is 1. The van der Waals surface area contributed by atoms with E-state index < -0.39 is 0 Å².